The van der Waals surface area contributed by atoms with E-state index in [-0.39, 0.29) is 12.5 Å². The Morgan fingerprint density at radius 2 is 2.10 bits per heavy atom. The Hall–Kier alpha value is -2.41. The standard InChI is InChI=1S/C14H17N3O4/c1-10-16-13(17-21-10)9-20-12-5-3-11(4-6-12)14(18)15-7-8-19-2/h3-6H,7-9H2,1-2H3,(H,15,18). The molecule has 112 valence electrons. The van der Waals surface area contributed by atoms with Crippen LogP contribution in [0.5, 0.6) is 5.75 Å². The molecule has 2 rings (SSSR count). The molecule has 0 radical (unpaired) electrons. The molecule has 0 aliphatic carbocycles. The van der Waals surface area contributed by atoms with Crippen molar-refractivity contribution in [1.29, 1.82) is 0 Å². The molecule has 21 heavy (non-hydrogen) atoms. The molecule has 1 amide bonds. The number of benzene rings is 1. The average molecular weight is 291 g/mol. The molecule has 0 atom stereocenters. The van der Waals surface area contributed by atoms with E-state index in [0.717, 1.165) is 0 Å². The van der Waals surface area contributed by atoms with Crippen LogP contribution in [0.1, 0.15) is 22.1 Å². The number of ether oxygens (including phenoxy) is 2. The summed E-state index contributed by atoms with van der Waals surface area (Å²) >= 11 is 0. The highest BCUT2D eigenvalue weighted by Gasteiger charge is 2.06. The van der Waals surface area contributed by atoms with E-state index in [1.807, 2.05) is 0 Å². The summed E-state index contributed by atoms with van der Waals surface area (Å²) in [6.07, 6.45) is 0. The lowest BCUT2D eigenvalue weighted by molar-refractivity contribution is 0.0937. The molecule has 7 heteroatoms. The summed E-state index contributed by atoms with van der Waals surface area (Å²) in [4.78, 5) is 15.8. The second-order valence-electron chi connectivity index (χ2n) is 4.29. The highest BCUT2D eigenvalue weighted by atomic mass is 16.5. The van der Waals surface area contributed by atoms with Gasteiger partial charge in [-0.15, -0.1) is 0 Å². The Labute approximate surface area is 122 Å². The molecule has 1 N–H and O–H groups in total. The molecule has 0 bridgehead atoms. The van der Waals surface area contributed by atoms with Gasteiger partial charge < -0.3 is 19.3 Å². The van der Waals surface area contributed by atoms with Crippen LogP contribution in [0.25, 0.3) is 0 Å². The van der Waals surface area contributed by atoms with Gasteiger partial charge >= 0.3 is 0 Å². The maximum Gasteiger partial charge on any atom is 0.251 e. The predicted octanol–water partition coefficient (Wildman–Crippen LogP) is 1.33. The van der Waals surface area contributed by atoms with Crippen molar-refractivity contribution in [2.24, 2.45) is 0 Å². The van der Waals surface area contributed by atoms with Crippen LogP contribution in [0.15, 0.2) is 28.8 Å². The Bertz CT molecular complexity index is 580. The summed E-state index contributed by atoms with van der Waals surface area (Å²) in [5.74, 6) is 1.46. The Kier molecular flexibility index (Phi) is 5.28. The van der Waals surface area contributed by atoms with Gasteiger partial charge in [-0.05, 0) is 24.3 Å². The predicted molar refractivity (Wildman–Crippen MR) is 74.0 cm³/mol. The van der Waals surface area contributed by atoms with E-state index in [4.69, 9.17) is 14.0 Å². The van der Waals surface area contributed by atoms with Crippen molar-refractivity contribution in [2.45, 2.75) is 13.5 Å². The van der Waals surface area contributed by atoms with Crippen LogP contribution in [0, 0.1) is 6.92 Å². The molecule has 0 saturated heterocycles. The van der Waals surface area contributed by atoms with Crippen LogP contribution in [0.3, 0.4) is 0 Å². The topological polar surface area (TPSA) is 86.5 Å². The van der Waals surface area contributed by atoms with Gasteiger partial charge in [-0.1, -0.05) is 5.16 Å². The van der Waals surface area contributed by atoms with E-state index in [1.54, 1.807) is 38.3 Å². The summed E-state index contributed by atoms with van der Waals surface area (Å²) in [5.41, 5.74) is 0.564. The van der Waals surface area contributed by atoms with Crippen molar-refractivity contribution in [2.75, 3.05) is 20.3 Å². The Balaban J connectivity index is 1.85. The SMILES string of the molecule is COCCNC(=O)c1ccc(OCc2noc(C)n2)cc1. The lowest BCUT2D eigenvalue weighted by Gasteiger charge is -2.06. The first-order valence-corrected chi connectivity index (χ1v) is 6.48. The van der Waals surface area contributed by atoms with Gasteiger partial charge in [0.15, 0.2) is 6.61 Å². The number of nitrogens with zero attached hydrogens (tertiary/aromatic N) is 2. The number of carbonyl (C=O) groups excluding carboxylic acids is 1. The third-order valence-corrected chi connectivity index (χ3v) is 2.65. The molecular formula is C14H17N3O4. The zero-order valence-corrected chi connectivity index (χ0v) is 12.0. The molecular weight excluding hydrogens is 274 g/mol. The van der Waals surface area contributed by atoms with Gasteiger partial charge in [0.1, 0.15) is 5.75 Å². The molecule has 0 saturated carbocycles. The van der Waals surface area contributed by atoms with Gasteiger partial charge in [-0.25, -0.2) is 0 Å². The minimum atomic E-state index is -0.146. The fraction of sp³-hybridized carbons (Fsp3) is 0.357. The van der Waals surface area contributed by atoms with Crippen molar-refractivity contribution in [3.63, 3.8) is 0 Å². The first-order valence-electron chi connectivity index (χ1n) is 6.48. The lowest BCUT2D eigenvalue weighted by Crippen LogP contribution is -2.26. The molecule has 0 unspecified atom stereocenters. The summed E-state index contributed by atoms with van der Waals surface area (Å²) in [7, 11) is 1.59. The van der Waals surface area contributed by atoms with E-state index in [9.17, 15) is 4.79 Å². The quantitative estimate of drug-likeness (QED) is 0.775. The van der Waals surface area contributed by atoms with Crippen LogP contribution < -0.4 is 10.1 Å². The van der Waals surface area contributed by atoms with Crippen LogP contribution in [0.4, 0.5) is 0 Å². The number of nitrogens with one attached hydrogen (secondary N) is 1. The molecule has 1 aromatic carbocycles. The van der Waals surface area contributed by atoms with Crippen LogP contribution in [-0.4, -0.2) is 36.3 Å². The number of aromatic nitrogens is 2. The monoisotopic (exact) mass is 291 g/mol. The smallest absolute Gasteiger partial charge is 0.251 e. The first-order chi connectivity index (χ1) is 10.2. The van der Waals surface area contributed by atoms with Gasteiger partial charge in [-0.3, -0.25) is 4.79 Å². The molecule has 0 aliphatic rings. The fourth-order valence-electron chi connectivity index (χ4n) is 1.62. The summed E-state index contributed by atoms with van der Waals surface area (Å²) in [6.45, 7) is 2.89. The summed E-state index contributed by atoms with van der Waals surface area (Å²) < 4.78 is 15.2. The number of aryl methyl sites for hydroxylation is 1. The van der Waals surface area contributed by atoms with Crippen molar-refractivity contribution in [3.8, 4) is 5.75 Å². The average Bonchev–Trinajstić information content (AvgIpc) is 2.91. The number of hydrogen-bond donors (Lipinski definition) is 1. The minimum absolute atomic E-state index is 0.146. The van der Waals surface area contributed by atoms with Gasteiger partial charge in [0.25, 0.3) is 5.91 Å². The normalized spacial score (nSPS) is 10.4. The molecule has 0 spiro atoms. The molecule has 1 aromatic heterocycles. The Morgan fingerprint density at radius 1 is 1.33 bits per heavy atom. The van der Waals surface area contributed by atoms with E-state index in [0.29, 0.717) is 36.2 Å². The van der Waals surface area contributed by atoms with Crippen molar-refractivity contribution >= 4 is 5.91 Å². The zero-order valence-electron chi connectivity index (χ0n) is 12.0. The number of hydrogen-bond acceptors (Lipinski definition) is 6. The van der Waals surface area contributed by atoms with Gasteiger partial charge in [-0.2, -0.15) is 4.98 Å². The fourth-order valence-corrected chi connectivity index (χ4v) is 1.62. The van der Waals surface area contributed by atoms with E-state index in [2.05, 4.69) is 15.5 Å². The third kappa shape index (κ3) is 4.57. The van der Waals surface area contributed by atoms with Crippen LogP contribution >= 0.6 is 0 Å². The molecule has 0 aliphatic heterocycles. The van der Waals surface area contributed by atoms with E-state index in [1.165, 1.54) is 0 Å². The molecule has 1 heterocycles. The maximum atomic E-state index is 11.8. The van der Waals surface area contributed by atoms with Crippen LogP contribution in [-0.2, 0) is 11.3 Å². The highest BCUT2D eigenvalue weighted by molar-refractivity contribution is 5.94. The zero-order chi connectivity index (χ0) is 15.1. The largest absolute Gasteiger partial charge is 0.485 e. The molecule has 7 nitrogen and oxygen atoms in total. The van der Waals surface area contributed by atoms with E-state index < -0.39 is 0 Å². The van der Waals surface area contributed by atoms with Crippen molar-refractivity contribution in [1.82, 2.24) is 15.5 Å². The number of methoxy groups -OCH3 is 1. The maximum absolute atomic E-state index is 11.8. The van der Waals surface area contributed by atoms with Crippen molar-refractivity contribution < 1.29 is 18.8 Å². The minimum Gasteiger partial charge on any atom is -0.485 e. The second kappa shape index (κ2) is 7.39. The van der Waals surface area contributed by atoms with E-state index >= 15 is 0 Å². The summed E-state index contributed by atoms with van der Waals surface area (Å²) in [6, 6.07) is 6.83. The number of rotatable bonds is 7. The molecule has 0 fully saturated rings. The number of carbonyl (C=O) groups is 1. The number of amides is 1. The first kappa shape index (κ1) is 15.0. The van der Waals surface area contributed by atoms with Gasteiger partial charge in [0.05, 0.1) is 6.61 Å². The lowest BCUT2D eigenvalue weighted by atomic mass is 10.2. The molecule has 2 aromatic rings. The van der Waals surface area contributed by atoms with Gasteiger partial charge in [0, 0.05) is 26.1 Å². The van der Waals surface area contributed by atoms with Crippen molar-refractivity contribution in [3.05, 3.63) is 41.5 Å². The highest BCUT2D eigenvalue weighted by Crippen LogP contribution is 2.13. The summed E-state index contributed by atoms with van der Waals surface area (Å²) in [5, 5.41) is 6.47. The third-order valence-electron chi connectivity index (χ3n) is 2.65. The Morgan fingerprint density at radius 3 is 2.71 bits per heavy atom. The van der Waals surface area contributed by atoms with Crippen LogP contribution in [0.2, 0.25) is 0 Å². The van der Waals surface area contributed by atoms with Gasteiger partial charge in [0.2, 0.25) is 11.7 Å². The second-order valence-corrected chi connectivity index (χ2v) is 4.29.